The van der Waals surface area contributed by atoms with Crippen molar-refractivity contribution in [2.24, 2.45) is 0 Å². The van der Waals surface area contributed by atoms with Crippen LogP contribution in [0.25, 0.3) is 10.9 Å². The van der Waals surface area contributed by atoms with Crippen LogP contribution in [-0.4, -0.2) is 16.1 Å². The van der Waals surface area contributed by atoms with E-state index in [1.807, 2.05) is 0 Å². The summed E-state index contributed by atoms with van der Waals surface area (Å²) in [6.07, 6.45) is -4.66. The molecule has 0 unspecified atom stereocenters. The van der Waals surface area contributed by atoms with E-state index in [0.29, 0.717) is 6.07 Å². The van der Waals surface area contributed by atoms with Gasteiger partial charge < -0.3 is 5.11 Å². The maximum atomic E-state index is 12.5. The summed E-state index contributed by atoms with van der Waals surface area (Å²) >= 11 is 6.45. The van der Waals surface area contributed by atoms with E-state index in [-0.39, 0.29) is 20.8 Å². The van der Waals surface area contributed by atoms with Gasteiger partial charge in [0.1, 0.15) is 10.6 Å². The molecule has 0 radical (unpaired) electrons. The van der Waals surface area contributed by atoms with Gasteiger partial charge in [0.15, 0.2) is 0 Å². The molecular formula is C9H3ClF3NO2S. The zero-order valence-electron chi connectivity index (χ0n) is 7.88. The maximum absolute atomic E-state index is 12.5. The number of carboxylic acids is 1. The highest BCUT2D eigenvalue weighted by molar-refractivity contribution is 7.13. The Labute approximate surface area is 101 Å². The van der Waals surface area contributed by atoms with Crippen molar-refractivity contribution >= 4 is 39.8 Å². The monoisotopic (exact) mass is 281 g/mol. The third-order valence-corrected chi connectivity index (χ3v) is 3.27. The van der Waals surface area contributed by atoms with Crippen LogP contribution in [0.3, 0.4) is 0 Å². The van der Waals surface area contributed by atoms with Crippen LogP contribution in [0.2, 0.25) is 5.02 Å². The molecule has 17 heavy (non-hydrogen) atoms. The molecule has 0 saturated carbocycles. The Morgan fingerprint density at radius 1 is 1.47 bits per heavy atom. The number of alkyl halides is 3. The normalized spacial score (nSPS) is 12.0. The first-order valence-electron chi connectivity index (χ1n) is 4.19. The number of rotatable bonds is 1. The highest BCUT2D eigenvalue weighted by Crippen LogP contribution is 2.35. The lowest BCUT2D eigenvalue weighted by atomic mass is 10.2. The minimum atomic E-state index is -4.66. The summed E-state index contributed by atoms with van der Waals surface area (Å²) in [6.45, 7) is 0. The number of aromatic nitrogens is 1. The van der Waals surface area contributed by atoms with Gasteiger partial charge in [-0.2, -0.15) is 13.2 Å². The summed E-state index contributed by atoms with van der Waals surface area (Å²) in [5.74, 6) is -1.33. The first-order valence-corrected chi connectivity index (χ1v) is 5.44. The number of carbonyl (C=O) groups is 1. The molecule has 3 nitrogen and oxygen atoms in total. The lowest BCUT2D eigenvalue weighted by Gasteiger charge is -2.06. The number of fused-ring (bicyclic) bond motifs is 1. The van der Waals surface area contributed by atoms with E-state index in [1.54, 1.807) is 0 Å². The lowest BCUT2D eigenvalue weighted by Crippen LogP contribution is -2.08. The number of nitrogens with zero attached hydrogens (tertiary/aromatic N) is 1. The quantitative estimate of drug-likeness (QED) is 0.868. The Balaban J connectivity index is 2.78. The van der Waals surface area contributed by atoms with Crippen molar-refractivity contribution < 1.29 is 23.1 Å². The van der Waals surface area contributed by atoms with E-state index in [0.717, 1.165) is 11.3 Å². The fourth-order valence-electron chi connectivity index (χ4n) is 1.28. The Hall–Kier alpha value is -1.34. The van der Waals surface area contributed by atoms with Crippen molar-refractivity contribution in [3.8, 4) is 0 Å². The zero-order chi connectivity index (χ0) is 12.8. The van der Waals surface area contributed by atoms with Crippen molar-refractivity contribution in [1.82, 2.24) is 4.98 Å². The van der Waals surface area contributed by atoms with E-state index in [9.17, 15) is 18.0 Å². The SMILES string of the molecule is O=C(O)c1scc2c(Cl)cc(C(F)(F)F)nc12. The minimum Gasteiger partial charge on any atom is -0.477 e. The summed E-state index contributed by atoms with van der Waals surface area (Å²) < 4.78 is 37.4. The van der Waals surface area contributed by atoms with Crippen molar-refractivity contribution in [2.75, 3.05) is 0 Å². The topological polar surface area (TPSA) is 50.2 Å². The van der Waals surface area contributed by atoms with Gasteiger partial charge in [0, 0.05) is 10.8 Å². The smallest absolute Gasteiger partial charge is 0.433 e. The Morgan fingerprint density at radius 3 is 2.65 bits per heavy atom. The predicted octanol–water partition coefficient (Wildman–Crippen LogP) is 3.67. The second-order valence-electron chi connectivity index (χ2n) is 3.12. The second-order valence-corrected chi connectivity index (χ2v) is 4.41. The molecule has 0 atom stereocenters. The summed E-state index contributed by atoms with van der Waals surface area (Å²) in [7, 11) is 0. The predicted molar refractivity (Wildman–Crippen MR) is 56.6 cm³/mol. The van der Waals surface area contributed by atoms with Crippen LogP contribution in [0.15, 0.2) is 11.4 Å². The molecule has 0 amide bonds. The third-order valence-electron chi connectivity index (χ3n) is 2.00. The lowest BCUT2D eigenvalue weighted by molar-refractivity contribution is -0.140. The van der Waals surface area contributed by atoms with Gasteiger partial charge in [-0.25, -0.2) is 9.78 Å². The third kappa shape index (κ3) is 2.07. The Bertz CT molecular complexity index is 608. The molecule has 0 spiro atoms. The maximum Gasteiger partial charge on any atom is 0.433 e. The van der Waals surface area contributed by atoms with Crippen LogP contribution >= 0.6 is 22.9 Å². The molecule has 1 N–H and O–H groups in total. The Kier molecular flexibility index (Phi) is 2.75. The molecule has 0 aliphatic carbocycles. The van der Waals surface area contributed by atoms with E-state index in [1.165, 1.54) is 5.38 Å². The molecule has 0 aliphatic heterocycles. The fraction of sp³-hybridized carbons (Fsp3) is 0.111. The van der Waals surface area contributed by atoms with Gasteiger partial charge in [-0.1, -0.05) is 11.6 Å². The number of halogens is 4. The molecule has 8 heteroatoms. The molecule has 0 aliphatic rings. The van der Waals surface area contributed by atoms with Crippen molar-refractivity contribution in [2.45, 2.75) is 6.18 Å². The summed E-state index contributed by atoms with van der Waals surface area (Å²) in [5, 5.41) is 10.2. The molecule has 0 saturated heterocycles. The molecule has 90 valence electrons. The molecule has 2 aromatic rings. The molecule has 0 bridgehead atoms. The van der Waals surface area contributed by atoms with E-state index in [4.69, 9.17) is 16.7 Å². The number of thiophene rings is 1. The van der Waals surface area contributed by atoms with Crippen LogP contribution < -0.4 is 0 Å². The van der Waals surface area contributed by atoms with Gasteiger partial charge >= 0.3 is 12.1 Å². The first kappa shape index (κ1) is 12.1. The van der Waals surface area contributed by atoms with Crippen LogP contribution in [-0.2, 0) is 6.18 Å². The summed E-state index contributed by atoms with van der Waals surface area (Å²) in [4.78, 5) is 13.8. The molecule has 2 aromatic heterocycles. The molecule has 2 heterocycles. The highest BCUT2D eigenvalue weighted by atomic mass is 35.5. The van der Waals surface area contributed by atoms with Crippen LogP contribution in [0.4, 0.5) is 13.2 Å². The number of aromatic carboxylic acids is 1. The standard InChI is InChI=1S/C9H3ClF3NO2S/c10-4-1-5(9(11,12)13)14-6-3(4)2-17-7(6)8(15)16/h1-2H,(H,15,16). The average Bonchev–Trinajstić information content (AvgIpc) is 2.60. The molecule has 0 fully saturated rings. The van der Waals surface area contributed by atoms with E-state index in [2.05, 4.69) is 4.98 Å². The van der Waals surface area contributed by atoms with Crippen molar-refractivity contribution in [1.29, 1.82) is 0 Å². The average molecular weight is 282 g/mol. The van der Waals surface area contributed by atoms with Gasteiger partial charge in [-0.05, 0) is 6.07 Å². The zero-order valence-corrected chi connectivity index (χ0v) is 9.45. The second kappa shape index (κ2) is 3.85. The summed E-state index contributed by atoms with van der Waals surface area (Å²) in [5.41, 5.74) is -1.43. The van der Waals surface area contributed by atoms with Gasteiger partial charge in [0.05, 0.1) is 10.5 Å². The van der Waals surface area contributed by atoms with Gasteiger partial charge in [0.25, 0.3) is 0 Å². The highest BCUT2D eigenvalue weighted by Gasteiger charge is 2.34. The van der Waals surface area contributed by atoms with Gasteiger partial charge in [-0.3, -0.25) is 0 Å². The summed E-state index contributed by atoms with van der Waals surface area (Å²) in [6, 6.07) is 0.683. The van der Waals surface area contributed by atoms with Gasteiger partial charge in [-0.15, -0.1) is 11.3 Å². The van der Waals surface area contributed by atoms with E-state index < -0.39 is 17.8 Å². The van der Waals surface area contributed by atoms with E-state index >= 15 is 0 Å². The molecule has 0 aromatic carbocycles. The van der Waals surface area contributed by atoms with Crippen molar-refractivity contribution in [3.05, 3.63) is 27.0 Å². The number of hydrogen-bond acceptors (Lipinski definition) is 3. The Morgan fingerprint density at radius 2 is 2.12 bits per heavy atom. The van der Waals surface area contributed by atoms with Gasteiger partial charge in [0.2, 0.25) is 0 Å². The fourth-order valence-corrected chi connectivity index (χ4v) is 2.43. The number of pyridine rings is 1. The minimum absolute atomic E-state index is 0.161. The van der Waals surface area contributed by atoms with Crippen LogP contribution in [0.1, 0.15) is 15.4 Å². The largest absolute Gasteiger partial charge is 0.477 e. The van der Waals surface area contributed by atoms with Crippen LogP contribution in [0.5, 0.6) is 0 Å². The number of carboxylic acid groups (broad SMARTS) is 1. The number of hydrogen-bond donors (Lipinski definition) is 1. The van der Waals surface area contributed by atoms with Crippen LogP contribution in [0, 0.1) is 0 Å². The molecule has 2 rings (SSSR count). The first-order chi connectivity index (χ1) is 7.80. The van der Waals surface area contributed by atoms with Crippen molar-refractivity contribution in [3.63, 3.8) is 0 Å². The molecular weight excluding hydrogens is 279 g/mol.